The second kappa shape index (κ2) is 8.24. The van der Waals surface area contributed by atoms with Gasteiger partial charge in [-0.2, -0.15) is 13.2 Å². The van der Waals surface area contributed by atoms with E-state index < -0.39 is 17.6 Å². The van der Waals surface area contributed by atoms with Gasteiger partial charge in [0, 0.05) is 35.9 Å². The molecule has 4 rings (SSSR count). The molecule has 8 heteroatoms. The van der Waals surface area contributed by atoms with Crippen LogP contribution >= 0.6 is 0 Å². The standard InChI is InChI=1S/C23H23F4N3O/c1-2-9-30(13-14-3-4-14)21-8-6-16(11-19(21)23(25,26)27)28-12-18-17-10-15(24)5-7-20(17)29-22(18)31/h5-8,10-12,14,29,31H,2-4,9,13H2,1H3. The monoisotopic (exact) mass is 433 g/mol. The topological polar surface area (TPSA) is 51.6 Å². The quantitative estimate of drug-likeness (QED) is 0.334. The lowest BCUT2D eigenvalue weighted by Crippen LogP contribution is -2.28. The lowest BCUT2D eigenvalue weighted by Gasteiger charge is -2.27. The number of alkyl halides is 3. The van der Waals surface area contributed by atoms with Gasteiger partial charge in [-0.1, -0.05) is 6.92 Å². The van der Waals surface area contributed by atoms with Gasteiger partial charge in [-0.15, -0.1) is 0 Å². The summed E-state index contributed by atoms with van der Waals surface area (Å²) in [6, 6.07) is 7.97. The number of halogens is 4. The highest BCUT2D eigenvalue weighted by atomic mass is 19.4. The Kier molecular flexibility index (Phi) is 5.64. The van der Waals surface area contributed by atoms with Crippen LogP contribution in [0.15, 0.2) is 41.4 Å². The summed E-state index contributed by atoms with van der Waals surface area (Å²) < 4.78 is 55.1. The molecule has 1 aliphatic rings. The van der Waals surface area contributed by atoms with Gasteiger partial charge in [0.25, 0.3) is 0 Å². The van der Waals surface area contributed by atoms with E-state index in [0.29, 0.717) is 29.9 Å². The van der Waals surface area contributed by atoms with Crippen molar-refractivity contribution < 1.29 is 22.7 Å². The van der Waals surface area contributed by atoms with E-state index in [1.54, 1.807) is 0 Å². The number of fused-ring (bicyclic) bond motifs is 1. The lowest BCUT2D eigenvalue weighted by atomic mass is 10.1. The third-order valence-corrected chi connectivity index (χ3v) is 5.42. The van der Waals surface area contributed by atoms with Crippen LogP contribution in [0.1, 0.15) is 37.3 Å². The van der Waals surface area contributed by atoms with E-state index in [2.05, 4.69) is 9.98 Å². The highest BCUT2D eigenvalue weighted by Gasteiger charge is 2.36. The lowest BCUT2D eigenvalue weighted by molar-refractivity contribution is -0.137. The number of nitrogens with zero attached hydrogens (tertiary/aromatic N) is 2. The molecule has 2 aromatic carbocycles. The maximum atomic E-state index is 13.8. The van der Waals surface area contributed by atoms with Crippen LogP contribution in [-0.4, -0.2) is 29.4 Å². The van der Waals surface area contributed by atoms with Crippen LogP contribution in [0.2, 0.25) is 0 Å². The zero-order valence-corrected chi connectivity index (χ0v) is 17.0. The largest absolute Gasteiger partial charge is 0.494 e. The van der Waals surface area contributed by atoms with E-state index in [4.69, 9.17) is 0 Å². The van der Waals surface area contributed by atoms with Gasteiger partial charge in [-0.25, -0.2) is 4.39 Å². The third-order valence-electron chi connectivity index (χ3n) is 5.42. The van der Waals surface area contributed by atoms with Crippen LogP contribution in [-0.2, 0) is 6.18 Å². The minimum atomic E-state index is -4.53. The van der Waals surface area contributed by atoms with Crippen molar-refractivity contribution in [3.05, 3.63) is 53.3 Å². The molecule has 0 saturated heterocycles. The molecule has 164 valence electrons. The van der Waals surface area contributed by atoms with Crippen molar-refractivity contribution in [2.75, 3.05) is 18.0 Å². The molecule has 0 radical (unpaired) electrons. The highest BCUT2D eigenvalue weighted by Crippen LogP contribution is 2.41. The summed E-state index contributed by atoms with van der Waals surface area (Å²) in [4.78, 5) is 8.64. The zero-order chi connectivity index (χ0) is 22.2. The van der Waals surface area contributed by atoms with Crippen LogP contribution in [0.5, 0.6) is 5.88 Å². The number of hydrogen-bond acceptors (Lipinski definition) is 3. The first-order chi connectivity index (χ1) is 14.8. The van der Waals surface area contributed by atoms with Gasteiger partial charge >= 0.3 is 6.18 Å². The number of nitrogens with one attached hydrogen (secondary N) is 1. The number of hydrogen-bond donors (Lipinski definition) is 2. The fourth-order valence-electron chi connectivity index (χ4n) is 3.74. The van der Waals surface area contributed by atoms with Crippen molar-refractivity contribution in [2.24, 2.45) is 10.9 Å². The van der Waals surface area contributed by atoms with Crippen molar-refractivity contribution in [1.29, 1.82) is 0 Å². The SMILES string of the molecule is CCCN(CC1CC1)c1ccc(N=Cc2c(O)[nH]c3ccc(F)cc23)cc1C(F)(F)F. The first-order valence-electron chi connectivity index (χ1n) is 10.3. The van der Waals surface area contributed by atoms with E-state index in [1.165, 1.54) is 36.5 Å². The van der Waals surface area contributed by atoms with Crippen molar-refractivity contribution >= 4 is 28.5 Å². The Balaban J connectivity index is 1.70. The van der Waals surface area contributed by atoms with E-state index in [-0.39, 0.29) is 22.8 Å². The Morgan fingerprint density at radius 1 is 1.19 bits per heavy atom. The molecule has 31 heavy (non-hydrogen) atoms. The average Bonchev–Trinajstić information content (AvgIpc) is 3.47. The van der Waals surface area contributed by atoms with Crippen molar-refractivity contribution in [3.63, 3.8) is 0 Å². The number of anilines is 1. The van der Waals surface area contributed by atoms with E-state index in [1.807, 2.05) is 11.8 Å². The third kappa shape index (κ3) is 4.68. The van der Waals surface area contributed by atoms with Crippen molar-refractivity contribution in [1.82, 2.24) is 4.98 Å². The fourth-order valence-corrected chi connectivity index (χ4v) is 3.74. The van der Waals surface area contributed by atoms with Crippen LogP contribution < -0.4 is 4.90 Å². The predicted octanol–water partition coefficient (Wildman–Crippen LogP) is 6.41. The Morgan fingerprint density at radius 2 is 1.97 bits per heavy atom. The number of aromatic amines is 1. The van der Waals surface area contributed by atoms with Crippen molar-refractivity contribution in [3.8, 4) is 5.88 Å². The second-order valence-corrected chi connectivity index (χ2v) is 7.92. The number of aliphatic imine (C=N–C) groups is 1. The minimum absolute atomic E-state index is 0.101. The van der Waals surface area contributed by atoms with E-state index >= 15 is 0 Å². The number of aromatic hydroxyl groups is 1. The summed E-state index contributed by atoms with van der Waals surface area (Å²) in [6.07, 6.45) is -0.420. The number of rotatable bonds is 7. The first-order valence-corrected chi connectivity index (χ1v) is 10.3. The van der Waals surface area contributed by atoms with Gasteiger partial charge in [0.15, 0.2) is 5.88 Å². The van der Waals surface area contributed by atoms with Crippen LogP contribution in [0.4, 0.5) is 28.9 Å². The number of aromatic nitrogens is 1. The second-order valence-electron chi connectivity index (χ2n) is 7.92. The average molecular weight is 433 g/mol. The highest BCUT2D eigenvalue weighted by molar-refractivity contribution is 6.02. The van der Waals surface area contributed by atoms with Crippen molar-refractivity contribution in [2.45, 2.75) is 32.4 Å². The molecule has 1 aliphatic carbocycles. The minimum Gasteiger partial charge on any atom is -0.494 e. The maximum Gasteiger partial charge on any atom is 0.418 e. The van der Waals surface area contributed by atoms with Gasteiger partial charge in [-0.05, 0) is 61.6 Å². The molecule has 0 spiro atoms. The van der Waals surface area contributed by atoms with Gasteiger partial charge < -0.3 is 15.0 Å². The molecular formula is C23H23F4N3O. The van der Waals surface area contributed by atoms with E-state index in [9.17, 15) is 22.7 Å². The number of benzene rings is 2. The fraction of sp³-hybridized carbons (Fsp3) is 0.348. The summed E-state index contributed by atoms with van der Waals surface area (Å²) in [6.45, 7) is 3.12. The van der Waals surface area contributed by atoms with Crippen LogP contribution in [0.3, 0.4) is 0 Å². The molecule has 0 aliphatic heterocycles. The predicted molar refractivity (Wildman–Crippen MR) is 114 cm³/mol. The molecule has 3 aromatic rings. The van der Waals surface area contributed by atoms with Gasteiger partial charge in [0.05, 0.1) is 16.8 Å². The smallest absolute Gasteiger partial charge is 0.418 e. The zero-order valence-electron chi connectivity index (χ0n) is 17.0. The van der Waals surface area contributed by atoms with E-state index in [0.717, 1.165) is 25.3 Å². The molecule has 0 amide bonds. The molecule has 1 aromatic heterocycles. The summed E-state index contributed by atoms with van der Waals surface area (Å²) in [5.41, 5.74) is 0.252. The molecule has 0 unspecified atom stereocenters. The molecule has 0 bridgehead atoms. The van der Waals surface area contributed by atoms with Crippen LogP contribution in [0, 0.1) is 11.7 Å². The molecule has 2 N–H and O–H groups in total. The van der Waals surface area contributed by atoms with Gasteiger partial charge in [0.2, 0.25) is 0 Å². The molecule has 1 heterocycles. The van der Waals surface area contributed by atoms with Gasteiger partial charge in [0.1, 0.15) is 5.82 Å². The Labute approximate surface area is 177 Å². The number of H-pyrrole nitrogens is 1. The molecule has 4 nitrogen and oxygen atoms in total. The normalized spacial score (nSPS) is 14.6. The summed E-state index contributed by atoms with van der Waals surface area (Å²) >= 11 is 0. The Morgan fingerprint density at radius 3 is 2.65 bits per heavy atom. The molecule has 1 fully saturated rings. The summed E-state index contributed by atoms with van der Waals surface area (Å²) in [5, 5.41) is 10.5. The maximum absolute atomic E-state index is 13.8. The summed E-state index contributed by atoms with van der Waals surface area (Å²) in [7, 11) is 0. The summed E-state index contributed by atoms with van der Waals surface area (Å²) in [5.74, 6) is -0.261. The first kappa shape index (κ1) is 21.2. The van der Waals surface area contributed by atoms with Gasteiger partial charge in [-0.3, -0.25) is 4.99 Å². The molecule has 1 saturated carbocycles. The molecule has 0 atom stereocenters. The Hall–Kier alpha value is -3.03. The molecular weight excluding hydrogens is 410 g/mol. The Bertz CT molecular complexity index is 1120. The van der Waals surface area contributed by atoms with Crippen LogP contribution in [0.25, 0.3) is 10.9 Å².